The van der Waals surface area contributed by atoms with Gasteiger partial charge in [0.2, 0.25) is 7.59 Å². The molecule has 0 amide bonds. The van der Waals surface area contributed by atoms with E-state index in [-0.39, 0.29) is 12.0 Å². The molecule has 11 nitrogen and oxygen atoms in total. The van der Waals surface area contributed by atoms with Crippen molar-refractivity contribution in [2.45, 2.75) is 46.3 Å². The lowest BCUT2D eigenvalue weighted by atomic mass is 10.2. The maximum Gasteiger partial charge on any atom is 0.475 e. The highest BCUT2D eigenvalue weighted by Gasteiger charge is 2.42. The standard InChI is InChI=1S/C16H19Cl6N2O9P/c1-8-4-24(14(27)23-13(8)26)12-3-10(32-9(2)25)11(33-12)5-29-34(28,30-6-15(17,18)19)31-7-16(20,21)22/h4,10-12H,3,5-7H2,1-2H3,(H,23,26,27)/t10-,11+,12+/m0/s1. The molecular formula is C16H19Cl6N2O9P. The van der Waals surface area contributed by atoms with E-state index in [4.69, 9.17) is 92.7 Å². The fourth-order valence-electron chi connectivity index (χ4n) is 2.74. The van der Waals surface area contributed by atoms with Crippen LogP contribution in [0.5, 0.6) is 0 Å². The largest absolute Gasteiger partial charge is 0.475 e. The Morgan fingerprint density at radius 3 is 2.21 bits per heavy atom. The molecule has 0 spiro atoms. The van der Waals surface area contributed by atoms with Gasteiger partial charge in [0, 0.05) is 25.1 Å². The fourth-order valence-corrected chi connectivity index (χ4v) is 4.78. The molecule has 194 valence electrons. The maximum absolute atomic E-state index is 13.0. The van der Waals surface area contributed by atoms with E-state index >= 15 is 0 Å². The Kier molecular flexibility index (Phi) is 10.7. The van der Waals surface area contributed by atoms with Gasteiger partial charge < -0.3 is 9.47 Å². The van der Waals surface area contributed by atoms with E-state index in [1.54, 1.807) is 0 Å². The lowest BCUT2D eigenvalue weighted by Crippen LogP contribution is -2.33. The van der Waals surface area contributed by atoms with Crippen LogP contribution in [0.1, 0.15) is 25.1 Å². The van der Waals surface area contributed by atoms with Gasteiger partial charge in [0.05, 0.1) is 6.61 Å². The van der Waals surface area contributed by atoms with Crippen molar-refractivity contribution in [1.82, 2.24) is 9.55 Å². The van der Waals surface area contributed by atoms with Gasteiger partial charge in [0.15, 0.2) is 0 Å². The van der Waals surface area contributed by atoms with Crippen molar-refractivity contribution in [1.29, 1.82) is 0 Å². The second kappa shape index (κ2) is 12.0. The van der Waals surface area contributed by atoms with Crippen molar-refractivity contribution in [3.8, 4) is 0 Å². The first-order valence-corrected chi connectivity index (χ1v) is 13.0. The van der Waals surface area contributed by atoms with E-state index in [1.165, 1.54) is 20.0 Å². The molecule has 2 heterocycles. The van der Waals surface area contributed by atoms with Crippen molar-refractivity contribution in [2.75, 3.05) is 19.8 Å². The SMILES string of the molecule is CC(=O)O[C@H]1C[C@H](n2cc(C)c(=O)[nH]c2=O)O[C@@H]1COP(=O)(OCC(Cl)(Cl)Cl)OCC(Cl)(Cl)Cl. The Balaban J connectivity index is 2.21. The van der Waals surface area contributed by atoms with Crippen LogP contribution in [0.15, 0.2) is 15.8 Å². The number of hydrogen-bond acceptors (Lipinski definition) is 9. The predicted octanol–water partition coefficient (Wildman–Crippen LogP) is 3.96. The minimum absolute atomic E-state index is 0.00726. The average molecular weight is 627 g/mol. The van der Waals surface area contributed by atoms with Gasteiger partial charge in [0.25, 0.3) is 5.56 Å². The minimum atomic E-state index is -4.48. The minimum Gasteiger partial charge on any atom is -0.460 e. The molecule has 2 rings (SSSR count). The lowest BCUT2D eigenvalue weighted by molar-refractivity contribution is -0.150. The molecule has 0 radical (unpaired) electrons. The third kappa shape index (κ3) is 9.78. The molecule has 18 heteroatoms. The van der Waals surface area contributed by atoms with E-state index in [1.807, 2.05) is 0 Å². The lowest BCUT2D eigenvalue weighted by Gasteiger charge is -2.24. The number of ether oxygens (including phenoxy) is 2. The van der Waals surface area contributed by atoms with Crippen LogP contribution in [-0.4, -0.2) is 55.1 Å². The number of aromatic amines is 1. The van der Waals surface area contributed by atoms with Gasteiger partial charge >= 0.3 is 19.5 Å². The molecule has 0 bridgehead atoms. The number of H-pyrrole nitrogens is 1. The first-order chi connectivity index (χ1) is 15.5. The highest BCUT2D eigenvalue weighted by molar-refractivity contribution is 7.48. The number of hydrogen-bond donors (Lipinski definition) is 1. The van der Waals surface area contributed by atoms with Crippen molar-refractivity contribution in [3.05, 3.63) is 32.6 Å². The normalized spacial score (nSPS) is 21.6. The van der Waals surface area contributed by atoms with Crippen LogP contribution < -0.4 is 11.2 Å². The number of nitrogens with one attached hydrogen (secondary N) is 1. The molecule has 1 aromatic heterocycles. The highest BCUT2D eigenvalue weighted by Crippen LogP contribution is 2.53. The Bertz CT molecular complexity index is 1020. The summed E-state index contributed by atoms with van der Waals surface area (Å²) in [5, 5.41) is 0. The van der Waals surface area contributed by atoms with Crippen LogP contribution in [0.4, 0.5) is 0 Å². The number of aryl methyl sites for hydroxylation is 1. The number of halogens is 6. The van der Waals surface area contributed by atoms with Gasteiger partial charge in [-0.1, -0.05) is 69.6 Å². The molecule has 0 aromatic carbocycles. The molecule has 1 saturated heterocycles. The van der Waals surface area contributed by atoms with Crippen LogP contribution >= 0.6 is 77.4 Å². The van der Waals surface area contributed by atoms with Crippen LogP contribution in [0.25, 0.3) is 0 Å². The summed E-state index contributed by atoms with van der Waals surface area (Å²) in [5.41, 5.74) is -1.06. The second-order valence-corrected chi connectivity index (χ2v) is 13.7. The maximum atomic E-state index is 13.0. The van der Waals surface area contributed by atoms with E-state index in [0.29, 0.717) is 0 Å². The predicted molar refractivity (Wildman–Crippen MR) is 126 cm³/mol. The Morgan fingerprint density at radius 2 is 1.71 bits per heavy atom. The Morgan fingerprint density at radius 1 is 1.15 bits per heavy atom. The first kappa shape index (κ1) is 30.2. The number of phosphoric ester groups is 1. The molecule has 34 heavy (non-hydrogen) atoms. The van der Waals surface area contributed by atoms with Gasteiger partial charge in [-0.25, -0.2) is 9.36 Å². The topological polar surface area (TPSA) is 135 Å². The second-order valence-electron chi connectivity index (χ2n) is 7.01. The molecule has 1 N–H and O–H groups in total. The molecule has 1 aliphatic rings. The summed E-state index contributed by atoms with van der Waals surface area (Å²) in [6, 6.07) is 0. The summed E-state index contributed by atoms with van der Waals surface area (Å²) in [5.74, 6) is -0.646. The molecule has 0 aliphatic carbocycles. The van der Waals surface area contributed by atoms with Crippen LogP contribution in [0.3, 0.4) is 0 Å². The smallest absolute Gasteiger partial charge is 0.460 e. The van der Waals surface area contributed by atoms with Crippen LogP contribution in [-0.2, 0) is 32.4 Å². The molecular weight excluding hydrogens is 608 g/mol. The van der Waals surface area contributed by atoms with Crippen molar-refractivity contribution in [2.24, 2.45) is 0 Å². The monoisotopic (exact) mass is 624 g/mol. The fraction of sp³-hybridized carbons (Fsp3) is 0.688. The molecule has 1 aromatic rings. The van der Waals surface area contributed by atoms with Gasteiger partial charge in [-0.3, -0.25) is 32.7 Å². The van der Waals surface area contributed by atoms with Crippen molar-refractivity contribution < 1.29 is 32.4 Å². The number of carbonyl (C=O) groups excluding carboxylic acids is 1. The zero-order valence-corrected chi connectivity index (χ0v) is 22.9. The average Bonchev–Trinajstić information content (AvgIpc) is 3.07. The molecule has 1 aliphatic heterocycles. The molecule has 3 atom stereocenters. The van der Waals surface area contributed by atoms with Crippen molar-refractivity contribution in [3.63, 3.8) is 0 Å². The highest BCUT2D eigenvalue weighted by atomic mass is 35.6. The van der Waals surface area contributed by atoms with E-state index in [9.17, 15) is 18.9 Å². The number of alkyl halides is 6. The summed E-state index contributed by atoms with van der Waals surface area (Å²) in [6.45, 7) is 0.724. The van der Waals surface area contributed by atoms with Gasteiger partial charge in [0.1, 0.15) is 31.6 Å². The molecule has 0 unspecified atom stereocenters. The molecule has 0 saturated carbocycles. The number of nitrogens with zero attached hydrogens (tertiary/aromatic N) is 1. The summed E-state index contributed by atoms with van der Waals surface area (Å²) in [6.07, 6.45) is -1.64. The van der Waals surface area contributed by atoms with Crippen LogP contribution in [0, 0.1) is 6.92 Å². The van der Waals surface area contributed by atoms with Gasteiger partial charge in [-0.15, -0.1) is 0 Å². The summed E-state index contributed by atoms with van der Waals surface area (Å²) >= 11 is 33.7. The Hall–Kier alpha value is -0.0400. The van der Waals surface area contributed by atoms with Gasteiger partial charge in [-0.2, -0.15) is 0 Å². The van der Waals surface area contributed by atoms with E-state index in [2.05, 4.69) is 4.98 Å². The number of esters is 1. The number of rotatable bonds is 9. The number of aromatic nitrogens is 2. The van der Waals surface area contributed by atoms with E-state index < -0.39 is 70.9 Å². The zero-order chi connectivity index (χ0) is 25.9. The van der Waals surface area contributed by atoms with E-state index in [0.717, 1.165) is 4.57 Å². The Labute approximate surface area is 223 Å². The first-order valence-electron chi connectivity index (χ1n) is 9.30. The quantitative estimate of drug-likeness (QED) is 0.245. The summed E-state index contributed by atoms with van der Waals surface area (Å²) in [4.78, 5) is 37.6. The number of carbonyl (C=O) groups is 1. The van der Waals surface area contributed by atoms with Gasteiger partial charge in [-0.05, 0) is 6.92 Å². The van der Waals surface area contributed by atoms with Crippen molar-refractivity contribution >= 4 is 83.4 Å². The zero-order valence-electron chi connectivity index (χ0n) is 17.5. The molecule has 1 fully saturated rings. The number of phosphoric acid groups is 1. The third-order valence-electron chi connectivity index (χ3n) is 4.12. The third-order valence-corrected chi connectivity index (χ3v) is 6.13. The van der Waals surface area contributed by atoms with Crippen LogP contribution in [0.2, 0.25) is 0 Å². The summed E-state index contributed by atoms with van der Waals surface area (Å²) in [7, 11) is -4.48. The summed E-state index contributed by atoms with van der Waals surface area (Å²) < 4.78 is 36.5.